The van der Waals surface area contributed by atoms with Crippen LogP contribution in [0.15, 0.2) is 18.2 Å². The molecule has 3 amide bonds. The molecule has 2 unspecified atom stereocenters. The van der Waals surface area contributed by atoms with E-state index in [-0.39, 0.29) is 12.1 Å². The molecule has 1 aromatic heterocycles. The number of benzene rings is 1. The molecular formula is C24H21F4N5O5. The second kappa shape index (κ2) is 8.08. The number of aromatic amines is 1. The topological polar surface area (TPSA) is 148 Å². The van der Waals surface area contributed by atoms with Gasteiger partial charge in [-0.05, 0) is 39.0 Å². The number of nitrogens with one attached hydrogen (secondary N) is 2. The summed E-state index contributed by atoms with van der Waals surface area (Å²) in [5, 5.41) is 27.8. The van der Waals surface area contributed by atoms with Crippen molar-refractivity contribution < 1.29 is 41.8 Å². The summed E-state index contributed by atoms with van der Waals surface area (Å²) in [6.45, 7) is 4.53. The first-order valence-corrected chi connectivity index (χ1v) is 11.6. The van der Waals surface area contributed by atoms with E-state index in [0.29, 0.717) is 16.7 Å². The molecule has 0 radical (unpaired) electrons. The van der Waals surface area contributed by atoms with Gasteiger partial charge in [-0.25, -0.2) is 9.29 Å². The largest absolute Gasteiger partial charge is 0.420 e. The predicted molar refractivity (Wildman–Crippen MR) is 119 cm³/mol. The van der Waals surface area contributed by atoms with Crippen molar-refractivity contribution in [1.82, 2.24) is 15.5 Å². The van der Waals surface area contributed by atoms with Gasteiger partial charge in [0.1, 0.15) is 11.3 Å². The SMILES string of the molecule is CC(O)c1cc(C(=O)N[C@H]2C[C@]3(C)O[C@@]2(C)[C@H]2C(=O)N(c4ccc(C#N)c(C(F)(F)F)c4F)C(=O)C23)n[nH]1. The lowest BCUT2D eigenvalue weighted by Crippen LogP contribution is -2.56. The van der Waals surface area contributed by atoms with Crippen molar-refractivity contribution in [2.45, 2.75) is 56.7 Å². The number of carbonyl (C=O) groups excluding carboxylic acids is 3. The molecule has 3 saturated heterocycles. The Kier molecular flexibility index (Phi) is 5.49. The van der Waals surface area contributed by atoms with Crippen molar-refractivity contribution in [3.63, 3.8) is 0 Å². The minimum Gasteiger partial charge on any atom is -0.387 e. The van der Waals surface area contributed by atoms with Gasteiger partial charge in [-0.3, -0.25) is 19.5 Å². The Bertz CT molecular complexity index is 1430. The number of hydrogen-bond acceptors (Lipinski definition) is 7. The zero-order valence-electron chi connectivity index (χ0n) is 20.2. The van der Waals surface area contributed by atoms with E-state index in [1.165, 1.54) is 26.0 Å². The van der Waals surface area contributed by atoms with Crippen LogP contribution in [-0.2, 0) is 20.5 Å². The van der Waals surface area contributed by atoms with Crippen LogP contribution in [0.25, 0.3) is 0 Å². The molecule has 2 aromatic rings. The van der Waals surface area contributed by atoms with Crippen LogP contribution in [0, 0.1) is 29.0 Å². The van der Waals surface area contributed by atoms with Gasteiger partial charge in [0.15, 0.2) is 5.82 Å². The number of H-pyrrole nitrogens is 1. The van der Waals surface area contributed by atoms with Crippen LogP contribution in [0.1, 0.15) is 60.6 Å². The van der Waals surface area contributed by atoms with E-state index < -0.39 is 81.7 Å². The molecule has 3 fully saturated rings. The molecule has 0 spiro atoms. The van der Waals surface area contributed by atoms with Crippen molar-refractivity contribution in [2.24, 2.45) is 11.8 Å². The highest BCUT2D eigenvalue weighted by molar-refractivity contribution is 6.23. The minimum absolute atomic E-state index is 0.0382. The Morgan fingerprint density at radius 1 is 1.32 bits per heavy atom. The number of hydrogen-bond donors (Lipinski definition) is 3. The summed E-state index contributed by atoms with van der Waals surface area (Å²) < 4.78 is 61.9. The van der Waals surface area contributed by atoms with Gasteiger partial charge in [0.25, 0.3) is 5.91 Å². The fraction of sp³-hybridized carbons (Fsp3) is 0.458. The number of aliphatic hydroxyl groups excluding tert-OH is 1. The number of nitrogens with zero attached hydrogens (tertiary/aromatic N) is 3. The summed E-state index contributed by atoms with van der Waals surface area (Å²) in [6, 6.07) is 3.32. The molecule has 38 heavy (non-hydrogen) atoms. The molecule has 14 heteroatoms. The lowest BCUT2D eigenvalue weighted by atomic mass is 9.66. The van der Waals surface area contributed by atoms with E-state index in [9.17, 15) is 32.7 Å². The normalized spacial score (nSPS) is 30.9. The maximum absolute atomic E-state index is 15.2. The number of alkyl halides is 3. The smallest absolute Gasteiger partial charge is 0.387 e. The summed E-state index contributed by atoms with van der Waals surface area (Å²) in [5.41, 5.74) is -6.24. The number of carbonyl (C=O) groups is 3. The van der Waals surface area contributed by atoms with E-state index in [2.05, 4.69) is 15.5 Å². The third-order valence-electron chi connectivity index (χ3n) is 7.69. The van der Waals surface area contributed by atoms with Crippen molar-refractivity contribution >= 4 is 23.4 Å². The number of anilines is 1. The zero-order chi connectivity index (χ0) is 27.9. The van der Waals surface area contributed by atoms with Crippen molar-refractivity contribution in [2.75, 3.05) is 4.90 Å². The highest BCUT2D eigenvalue weighted by Crippen LogP contribution is 2.61. The Balaban J connectivity index is 1.49. The molecule has 10 nitrogen and oxygen atoms in total. The van der Waals surface area contributed by atoms with E-state index in [1.54, 1.807) is 6.92 Å². The third kappa shape index (κ3) is 3.45. The number of nitriles is 1. The first-order valence-electron chi connectivity index (χ1n) is 11.6. The van der Waals surface area contributed by atoms with Gasteiger partial charge in [0.2, 0.25) is 11.8 Å². The van der Waals surface area contributed by atoms with E-state index in [1.807, 2.05) is 0 Å². The Hall–Kier alpha value is -3.83. The second-order valence-corrected chi connectivity index (χ2v) is 10.1. The summed E-state index contributed by atoms with van der Waals surface area (Å²) in [6.07, 6.45) is -6.07. The van der Waals surface area contributed by atoms with Gasteiger partial charge >= 0.3 is 6.18 Å². The Morgan fingerprint density at radius 3 is 2.55 bits per heavy atom. The van der Waals surface area contributed by atoms with Crippen LogP contribution in [-0.4, -0.2) is 50.3 Å². The lowest BCUT2D eigenvalue weighted by Gasteiger charge is -2.35. The molecular weight excluding hydrogens is 514 g/mol. The molecule has 200 valence electrons. The maximum Gasteiger partial charge on any atom is 0.420 e. The summed E-state index contributed by atoms with van der Waals surface area (Å²) in [5.74, 6) is -6.81. The third-order valence-corrected chi connectivity index (χ3v) is 7.69. The fourth-order valence-corrected chi connectivity index (χ4v) is 5.99. The summed E-state index contributed by atoms with van der Waals surface area (Å²) in [7, 11) is 0. The molecule has 2 bridgehead atoms. The van der Waals surface area contributed by atoms with E-state index >= 15 is 4.39 Å². The molecule has 3 N–H and O–H groups in total. The van der Waals surface area contributed by atoms with E-state index in [0.717, 1.165) is 6.07 Å². The van der Waals surface area contributed by atoms with Crippen molar-refractivity contribution in [3.8, 4) is 6.07 Å². The Labute approximate surface area is 212 Å². The number of aromatic nitrogens is 2. The van der Waals surface area contributed by atoms with Crippen LogP contribution in [0.4, 0.5) is 23.2 Å². The zero-order valence-corrected chi connectivity index (χ0v) is 20.2. The number of imide groups is 1. The molecule has 1 aromatic carbocycles. The second-order valence-electron chi connectivity index (χ2n) is 10.1. The van der Waals surface area contributed by atoms with Crippen LogP contribution < -0.4 is 10.2 Å². The fourth-order valence-electron chi connectivity index (χ4n) is 5.99. The number of rotatable bonds is 4. The Morgan fingerprint density at radius 2 is 1.97 bits per heavy atom. The maximum atomic E-state index is 15.2. The first-order chi connectivity index (χ1) is 17.6. The minimum atomic E-state index is -5.25. The number of ether oxygens (including phenoxy) is 1. The van der Waals surface area contributed by atoms with E-state index in [4.69, 9.17) is 10.00 Å². The molecule has 3 aliphatic rings. The highest BCUT2D eigenvalue weighted by atomic mass is 19.4. The van der Waals surface area contributed by atoms with Crippen molar-refractivity contribution in [1.29, 1.82) is 5.26 Å². The van der Waals surface area contributed by atoms with Gasteiger partial charge in [-0.1, -0.05) is 0 Å². The molecule has 6 atom stereocenters. The molecule has 5 rings (SSSR count). The molecule has 3 aliphatic heterocycles. The van der Waals surface area contributed by atoms with Crippen molar-refractivity contribution in [3.05, 3.63) is 46.5 Å². The quantitative estimate of drug-likeness (QED) is 0.402. The van der Waals surface area contributed by atoms with Crippen LogP contribution in [0.3, 0.4) is 0 Å². The number of halogens is 4. The predicted octanol–water partition coefficient (Wildman–Crippen LogP) is 2.35. The highest BCUT2D eigenvalue weighted by Gasteiger charge is 2.76. The van der Waals surface area contributed by atoms with Gasteiger partial charge in [0.05, 0.1) is 58.2 Å². The van der Waals surface area contributed by atoms with Gasteiger partial charge in [-0.15, -0.1) is 0 Å². The number of fused-ring (bicyclic) bond motifs is 5. The molecule has 4 heterocycles. The van der Waals surface area contributed by atoms with Crippen LogP contribution in [0.2, 0.25) is 0 Å². The summed E-state index contributed by atoms with van der Waals surface area (Å²) >= 11 is 0. The van der Waals surface area contributed by atoms with Gasteiger partial charge in [0, 0.05) is 6.42 Å². The first kappa shape index (κ1) is 25.8. The molecule has 0 saturated carbocycles. The average Bonchev–Trinajstić information content (AvgIpc) is 3.52. The lowest BCUT2D eigenvalue weighted by molar-refractivity contribution is -0.140. The summed E-state index contributed by atoms with van der Waals surface area (Å²) in [4.78, 5) is 40.2. The monoisotopic (exact) mass is 535 g/mol. The van der Waals surface area contributed by atoms with Crippen LogP contribution in [0.5, 0.6) is 0 Å². The average molecular weight is 535 g/mol. The molecule has 0 aliphatic carbocycles. The van der Waals surface area contributed by atoms with Gasteiger partial charge < -0.3 is 15.2 Å². The van der Waals surface area contributed by atoms with Crippen LogP contribution >= 0.6 is 0 Å². The number of amides is 3. The van der Waals surface area contributed by atoms with Gasteiger partial charge in [-0.2, -0.15) is 23.5 Å². The number of aliphatic hydroxyl groups is 1. The standard InChI is InChI=1S/C24H21F4N5O5/c1-9(34)11-6-12(32-31-11)19(35)30-14-7-22(2)16-17(23(14,3)38-22)21(37)33(20(16)36)13-5-4-10(8-29)15(18(13)25)24(26,27)28/h4-6,9,14,16-17,34H,7H2,1-3H3,(H,30,35)(H,31,32)/t9?,14-,16?,17+,22-,23+/m0/s1.